The van der Waals surface area contributed by atoms with Crippen molar-refractivity contribution in [3.63, 3.8) is 0 Å². The van der Waals surface area contributed by atoms with E-state index in [0.29, 0.717) is 18.7 Å². The zero-order valence-electron chi connectivity index (χ0n) is 17.3. The zero-order chi connectivity index (χ0) is 20.5. The van der Waals surface area contributed by atoms with Crippen LogP contribution >= 0.6 is 0 Å². The number of amides is 1. The van der Waals surface area contributed by atoms with Gasteiger partial charge in [0.25, 0.3) is 5.91 Å². The minimum Gasteiger partial charge on any atom is -0.361 e. The van der Waals surface area contributed by atoms with E-state index in [1.54, 1.807) is 10.7 Å². The molecule has 1 aromatic carbocycles. The molecule has 1 N–H and O–H groups in total. The number of benzene rings is 1. The minimum atomic E-state index is -0.271. The fraction of sp³-hybridized carbons (Fsp3) is 0.455. The van der Waals surface area contributed by atoms with Gasteiger partial charge in [0.2, 0.25) is 0 Å². The summed E-state index contributed by atoms with van der Waals surface area (Å²) in [5.74, 6) is -0.287. The zero-order valence-corrected chi connectivity index (χ0v) is 17.3. The Morgan fingerprint density at radius 3 is 2.72 bits per heavy atom. The summed E-state index contributed by atoms with van der Waals surface area (Å²) in [5, 5.41) is 5.24. The number of hydrogen-bond donors (Lipinski definition) is 1. The second-order valence-corrected chi connectivity index (χ2v) is 7.95. The Bertz CT molecular complexity index is 1030. The first kappa shape index (κ1) is 19.6. The summed E-state index contributed by atoms with van der Waals surface area (Å²) in [6, 6.07) is 4.71. The molecule has 7 heteroatoms. The van der Waals surface area contributed by atoms with E-state index < -0.39 is 0 Å². The second kappa shape index (κ2) is 7.99. The van der Waals surface area contributed by atoms with Crippen LogP contribution in [0.2, 0.25) is 0 Å². The predicted octanol–water partition coefficient (Wildman–Crippen LogP) is 3.40. The third-order valence-electron chi connectivity index (χ3n) is 5.99. The molecule has 0 radical (unpaired) electrons. The second-order valence-electron chi connectivity index (χ2n) is 7.95. The number of hydrogen-bond acceptors (Lipinski definition) is 3. The topological polar surface area (TPSA) is 57.2 Å². The molecule has 29 heavy (non-hydrogen) atoms. The molecule has 0 bridgehead atoms. The van der Waals surface area contributed by atoms with Crippen molar-refractivity contribution in [2.24, 2.45) is 7.05 Å². The Hall–Kier alpha value is -2.67. The Morgan fingerprint density at radius 2 is 2.03 bits per heavy atom. The molecule has 1 saturated heterocycles. The summed E-state index contributed by atoms with van der Waals surface area (Å²) in [4.78, 5) is 21.0. The Labute approximate surface area is 170 Å². The minimum absolute atomic E-state index is 0.0157. The number of rotatable bonds is 6. The van der Waals surface area contributed by atoms with Gasteiger partial charge in [-0.3, -0.25) is 9.48 Å². The number of H-pyrrole nitrogens is 1. The van der Waals surface area contributed by atoms with E-state index >= 15 is 0 Å². The molecule has 154 valence electrons. The van der Waals surface area contributed by atoms with Gasteiger partial charge in [0.15, 0.2) is 0 Å². The molecular weight excluding hydrogens is 369 g/mol. The van der Waals surface area contributed by atoms with Crippen LogP contribution in [-0.4, -0.2) is 56.7 Å². The number of nitrogens with zero attached hydrogens (tertiary/aromatic N) is 4. The van der Waals surface area contributed by atoms with Gasteiger partial charge in [-0.2, -0.15) is 5.10 Å². The summed E-state index contributed by atoms with van der Waals surface area (Å²) >= 11 is 0. The molecule has 3 aromatic rings. The van der Waals surface area contributed by atoms with Gasteiger partial charge in [-0.1, -0.05) is 0 Å². The molecular formula is C22H28FN5O. The van der Waals surface area contributed by atoms with E-state index in [4.69, 9.17) is 0 Å². The lowest BCUT2D eigenvalue weighted by atomic mass is 10.1. The summed E-state index contributed by atoms with van der Waals surface area (Å²) < 4.78 is 15.6. The largest absolute Gasteiger partial charge is 0.361 e. The van der Waals surface area contributed by atoms with Crippen molar-refractivity contribution in [2.45, 2.75) is 33.2 Å². The van der Waals surface area contributed by atoms with E-state index in [1.165, 1.54) is 25.0 Å². The van der Waals surface area contributed by atoms with Crippen molar-refractivity contribution in [3.8, 4) is 0 Å². The van der Waals surface area contributed by atoms with Crippen LogP contribution in [0.15, 0.2) is 24.4 Å². The van der Waals surface area contributed by atoms with E-state index in [-0.39, 0.29) is 11.7 Å². The smallest absolute Gasteiger partial charge is 0.257 e. The van der Waals surface area contributed by atoms with Crippen molar-refractivity contribution in [2.75, 3.05) is 26.2 Å². The lowest BCUT2D eigenvalue weighted by Gasteiger charge is -2.25. The number of halogens is 1. The van der Waals surface area contributed by atoms with Crippen molar-refractivity contribution < 1.29 is 9.18 Å². The van der Waals surface area contributed by atoms with Gasteiger partial charge in [0.05, 0.1) is 11.3 Å². The maximum Gasteiger partial charge on any atom is 0.257 e. The number of fused-ring (bicyclic) bond motifs is 1. The normalized spacial score (nSPS) is 14.8. The molecule has 3 heterocycles. The van der Waals surface area contributed by atoms with Gasteiger partial charge in [-0.05, 0) is 63.5 Å². The van der Waals surface area contributed by atoms with Gasteiger partial charge >= 0.3 is 0 Å². The van der Waals surface area contributed by atoms with Crippen molar-refractivity contribution in [3.05, 3.63) is 52.7 Å². The molecule has 0 saturated carbocycles. The van der Waals surface area contributed by atoms with Crippen molar-refractivity contribution in [1.82, 2.24) is 24.6 Å². The van der Waals surface area contributed by atoms with Gasteiger partial charge in [0, 0.05) is 49.5 Å². The summed E-state index contributed by atoms with van der Waals surface area (Å²) in [7, 11) is 1.86. The number of aryl methyl sites for hydroxylation is 2. The highest BCUT2D eigenvalue weighted by molar-refractivity contribution is 5.96. The number of carbonyl (C=O) groups excluding carboxylic acids is 1. The molecule has 2 aromatic heterocycles. The average Bonchev–Trinajstić information content (AvgIpc) is 3.39. The molecule has 0 aliphatic carbocycles. The number of likely N-dealkylation sites (tertiary alicyclic amines) is 1. The maximum absolute atomic E-state index is 13.8. The number of aromatic nitrogens is 3. The Balaban J connectivity index is 1.63. The molecule has 0 unspecified atom stereocenters. The fourth-order valence-electron chi connectivity index (χ4n) is 4.25. The summed E-state index contributed by atoms with van der Waals surface area (Å²) in [6.07, 6.45) is 4.32. The molecule has 0 spiro atoms. The molecule has 1 aliphatic heterocycles. The van der Waals surface area contributed by atoms with E-state index in [2.05, 4.69) is 15.0 Å². The van der Waals surface area contributed by atoms with E-state index in [1.807, 2.05) is 32.0 Å². The van der Waals surface area contributed by atoms with Crippen LogP contribution in [0, 0.1) is 19.7 Å². The van der Waals surface area contributed by atoms with Gasteiger partial charge in [-0.25, -0.2) is 4.39 Å². The first-order chi connectivity index (χ1) is 13.9. The number of nitrogens with one attached hydrogen (secondary N) is 1. The molecule has 1 fully saturated rings. The average molecular weight is 397 g/mol. The van der Waals surface area contributed by atoms with Crippen molar-refractivity contribution in [1.29, 1.82) is 0 Å². The fourth-order valence-corrected chi connectivity index (χ4v) is 4.25. The lowest BCUT2D eigenvalue weighted by Crippen LogP contribution is -2.38. The van der Waals surface area contributed by atoms with Gasteiger partial charge < -0.3 is 14.8 Å². The van der Waals surface area contributed by atoms with Crippen LogP contribution in [0.3, 0.4) is 0 Å². The molecule has 0 atom stereocenters. The third kappa shape index (κ3) is 3.92. The standard InChI is InChI=1S/C22H28FN5O/c1-15-21(16(2)26(3)25-15)22(29)28(11-10-27-8-4-5-9-27)14-17-13-24-20-7-6-18(23)12-19(17)20/h6-7,12-13,24H,4-5,8-11,14H2,1-3H3. The SMILES string of the molecule is Cc1nn(C)c(C)c1C(=O)N(CCN1CCCC1)Cc1c[nH]c2ccc(F)cc12. The van der Waals surface area contributed by atoms with E-state index in [0.717, 1.165) is 47.5 Å². The van der Waals surface area contributed by atoms with Crippen LogP contribution < -0.4 is 0 Å². The third-order valence-corrected chi connectivity index (χ3v) is 5.99. The Morgan fingerprint density at radius 1 is 1.28 bits per heavy atom. The summed E-state index contributed by atoms with van der Waals surface area (Å²) in [6.45, 7) is 7.89. The highest BCUT2D eigenvalue weighted by atomic mass is 19.1. The Kier molecular flexibility index (Phi) is 5.41. The number of aromatic amines is 1. The van der Waals surface area contributed by atoms with Crippen LogP contribution in [0.5, 0.6) is 0 Å². The quantitative estimate of drug-likeness (QED) is 0.694. The highest BCUT2D eigenvalue weighted by Crippen LogP contribution is 2.23. The lowest BCUT2D eigenvalue weighted by molar-refractivity contribution is 0.0726. The molecule has 1 aliphatic rings. The molecule has 6 nitrogen and oxygen atoms in total. The van der Waals surface area contributed by atoms with Crippen molar-refractivity contribution >= 4 is 16.8 Å². The monoisotopic (exact) mass is 397 g/mol. The highest BCUT2D eigenvalue weighted by Gasteiger charge is 2.25. The van der Waals surface area contributed by atoms with Crippen LogP contribution in [0.1, 0.15) is 40.2 Å². The molecule has 4 rings (SSSR count). The molecule has 1 amide bonds. The van der Waals surface area contributed by atoms with Gasteiger partial charge in [0.1, 0.15) is 5.82 Å². The first-order valence-electron chi connectivity index (χ1n) is 10.2. The summed E-state index contributed by atoms with van der Waals surface area (Å²) in [5.41, 5.74) is 4.07. The maximum atomic E-state index is 13.8. The van der Waals surface area contributed by atoms with Gasteiger partial charge in [-0.15, -0.1) is 0 Å². The van der Waals surface area contributed by atoms with Crippen LogP contribution in [-0.2, 0) is 13.6 Å². The predicted molar refractivity (Wildman–Crippen MR) is 111 cm³/mol. The first-order valence-corrected chi connectivity index (χ1v) is 10.2. The van der Waals surface area contributed by atoms with Crippen LogP contribution in [0.25, 0.3) is 10.9 Å². The van der Waals surface area contributed by atoms with Crippen LogP contribution in [0.4, 0.5) is 4.39 Å². The van der Waals surface area contributed by atoms with E-state index in [9.17, 15) is 9.18 Å². The number of carbonyl (C=O) groups is 1.